The van der Waals surface area contributed by atoms with E-state index in [0.29, 0.717) is 15.7 Å². The van der Waals surface area contributed by atoms with Gasteiger partial charge in [0, 0.05) is 34.8 Å². The molecule has 0 radical (unpaired) electrons. The molecule has 2 aromatic rings. The first-order chi connectivity index (χ1) is 11.7. The number of nitro benzene ring substituents is 1. The fourth-order valence-electron chi connectivity index (χ4n) is 2.93. The number of anilines is 1. The van der Waals surface area contributed by atoms with Crippen LogP contribution in [0.15, 0.2) is 46.9 Å². The molecule has 0 saturated carbocycles. The van der Waals surface area contributed by atoms with Gasteiger partial charge in [-0.1, -0.05) is 28.1 Å². The van der Waals surface area contributed by atoms with Gasteiger partial charge >= 0.3 is 0 Å². The van der Waals surface area contributed by atoms with E-state index in [1.54, 1.807) is 18.2 Å². The summed E-state index contributed by atoms with van der Waals surface area (Å²) >= 11 is 3.29. The second-order valence-electron chi connectivity index (χ2n) is 5.79. The Hall–Kier alpha value is -2.58. The second kappa shape index (κ2) is 6.05. The van der Waals surface area contributed by atoms with Gasteiger partial charge in [-0.3, -0.25) is 19.7 Å². The van der Waals surface area contributed by atoms with Gasteiger partial charge in [-0.15, -0.1) is 0 Å². The van der Waals surface area contributed by atoms with Gasteiger partial charge in [0.15, 0.2) is 11.4 Å². The van der Waals surface area contributed by atoms with Crippen molar-refractivity contribution in [3.63, 3.8) is 0 Å². The lowest BCUT2D eigenvalue weighted by atomic mass is 9.88. The Labute approximate surface area is 151 Å². The first kappa shape index (κ1) is 17.2. The van der Waals surface area contributed by atoms with E-state index in [0.717, 1.165) is 6.07 Å². The van der Waals surface area contributed by atoms with Crippen LogP contribution < -0.4 is 4.90 Å². The number of benzene rings is 2. The highest BCUT2D eigenvalue weighted by Crippen LogP contribution is 2.43. The van der Waals surface area contributed by atoms with E-state index in [4.69, 9.17) is 0 Å². The zero-order valence-electron chi connectivity index (χ0n) is 13.1. The van der Waals surface area contributed by atoms with Gasteiger partial charge < -0.3 is 10.0 Å². The molecule has 0 spiro atoms. The summed E-state index contributed by atoms with van der Waals surface area (Å²) in [6, 6.07) is 10.2. The summed E-state index contributed by atoms with van der Waals surface area (Å²) in [5.41, 5.74) is -1.32. The smallest absolute Gasteiger partial charge is 0.270 e. The van der Waals surface area contributed by atoms with Crippen LogP contribution in [0.5, 0.6) is 0 Å². The molecular formula is C17H13BrN2O5. The number of carbonyl (C=O) groups is 2. The SMILES string of the molecule is CN1C(=O)[C@](O)(CC(=O)c2cccc([N+](=O)[O-])c2)c2cc(Br)ccc21. The van der Waals surface area contributed by atoms with Crippen molar-refractivity contribution < 1.29 is 19.6 Å². The summed E-state index contributed by atoms with van der Waals surface area (Å²) in [6.07, 6.45) is -0.499. The number of Topliss-reactive ketones (excluding diaryl/α,β-unsaturated/α-hetero) is 1. The number of halogens is 1. The third-order valence-electron chi connectivity index (χ3n) is 4.22. The van der Waals surface area contributed by atoms with Crippen molar-refractivity contribution in [1.29, 1.82) is 0 Å². The van der Waals surface area contributed by atoms with Crippen molar-refractivity contribution in [2.24, 2.45) is 0 Å². The molecule has 8 heteroatoms. The highest BCUT2D eigenvalue weighted by molar-refractivity contribution is 9.10. The molecule has 0 bridgehead atoms. The lowest BCUT2D eigenvalue weighted by Gasteiger charge is -2.21. The maximum absolute atomic E-state index is 12.6. The molecule has 1 aliphatic rings. The Kier molecular flexibility index (Phi) is 4.18. The lowest BCUT2D eigenvalue weighted by Crippen LogP contribution is -2.40. The largest absolute Gasteiger partial charge is 0.375 e. The van der Waals surface area contributed by atoms with Crippen LogP contribution >= 0.6 is 15.9 Å². The molecule has 128 valence electrons. The molecular weight excluding hydrogens is 392 g/mol. The van der Waals surface area contributed by atoms with Crippen LogP contribution in [0, 0.1) is 10.1 Å². The van der Waals surface area contributed by atoms with Gasteiger partial charge in [0.25, 0.3) is 11.6 Å². The van der Waals surface area contributed by atoms with Gasteiger partial charge in [0.1, 0.15) is 0 Å². The van der Waals surface area contributed by atoms with Crippen molar-refractivity contribution >= 4 is 39.0 Å². The Morgan fingerprint density at radius 1 is 1.32 bits per heavy atom. The average Bonchev–Trinajstić information content (AvgIpc) is 2.76. The molecule has 1 atom stereocenters. The van der Waals surface area contributed by atoms with Crippen LogP contribution in [0.1, 0.15) is 22.3 Å². The summed E-state index contributed by atoms with van der Waals surface area (Å²) in [7, 11) is 1.52. The fourth-order valence-corrected chi connectivity index (χ4v) is 3.29. The Morgan fingerprint density at radius 2 is 2.04 bits per heavy atom. The fraction of sp³-hybridized carbons (Fsp3) is 0.176. The van der Waals surface area contributed by atoms with Gasteiger partial charge in [-0.25, -0.2) is 0 Å². The minimum Gasteiger partial charge on any atom is -0.375 e. The number of fused-ring (bicyclic) bond motifs is 1. The van der Waals surface area contributed by atoms with E-state index < -0.39 is 28.6 Å². The molecule has 1 aliphatic heterocycles. The maximum Gasteiger partial charge on any atom is 0.270 e. The minimum atomic E-state index is -2.00. The zero-order valence-corrected chi connectivity index (χ0v) is 14.7. The third kappa shape index (κ3) is 2.83. The first-order valence-electron chi connectivity index (χ1n) is 7.32. The van der Waals surface area contributed by atoms with Crippen LogP contribution in [0.3, 0.4) is 0 Å². The molecule has 0 saturated heterocycles. The quantitative estimate of drug-likeness (QED) is 0.479. The number of aliphatic hydroxyl groups is 1. The van der Waals surface area contributed by atoms with E-state index in [1.807, 2.05) is 0 Å². The number of carbonyl (C=O) groups excluding carboxylic acids is 2. The number of nitro groups is 1. The number of likely N-dealkylation sites (N-methyl/N-ethyl adjacent to an activating group) is 1. The van der Waals surface area contributed by atoms with Crippen molar-refractivity contribution in [3.8, 4) is 0 Å². The predicted octanol–water partition coefficient (Wildman–Crippen LogP) is 2.79. The van der Waals surface area contributed by atoms with E-state index in [2.05, 4.69) is 15.9 Å². The monoisotopic (exact) mass is 404 g/mol. The summed E-state index contributed by atoms with van der Waals surface area (Å²) in [5.74, 6) is -1.17. The first-order valence-corrected chi connectivity index (χ1v) is 8.11. The highest BCUT2D eigenvalue weighted by atomic mass is 79.9. The minimum absolute atomic E-state index is 0.0709. The molecule has 1 amide bonds. The topological polar surface area (TPSA) is 101 Å². The molecule has 25 heavy (non-hydrogen) atoms. The van der Waals surface area contributed by atoms with Crippen molar-refractivity contribution in [2.75, 3.05) is 11.9 Å². The molecule has 0 fully saturated rings. The Balaban J connectivity index is 1.98. The van der Waals surface area contributed by atoms with Crippen LogP contribution in [0.25, 0.3) is 0 Å². The number of non-ortho nitro benzene ring substituents is 1. The molecule has 0 aliphatic carbocycles. The standard InChI is InChI=1S/C17H13BrN2O5/c1-19-14-6-5-11(18)8-13(14)17(23,16(19)22)9-15(21)10-3-2-4-12(7-10)20(24)25/h2-8,23H,9H2,1H3/t17-/m0/s1. The van der Waals surface area contributed by atoms with Crippen molar-refractivity contribution in [1.82, 2.24) is 0 Å². The maximum atomic E-state index is 12.6. The lowest BCUT2D eigenvalue weighted by molar-refractivity contribution is -0.384. The van der Waals surface area contributed by atoms with Gasteiger partial charge in [0.05, 0.1) is 17.0 Å². The Morgan fingerprint density at radius 3 is 2.72 bits per heavy atom. The molecule has 0 unspecified atom stereocenters. The highest BCUT2D eigenvalue weighted by Gasteiger charge is 2.49. The predicted molar refractivity (Wildman–Crippen MR) is 93.5 cm³/mol. The van der Waals surface area contributed by atoms with E-state index >= 15 is 0 Å². The number of rotatable bonds is 4. The number of hydrogen-bond acceptors (Lipinski definition) is 5. The summed E-state index contributed by atoms with van der Waals surface area (Å²) in [4.78, 5) is 36.6. The molecule has 1 N–H and O–H groups in total. The van der Waals surface area contributed by atoms with Crippen LogP contribution in [0.4, 0.5) is 11.4 Å². The second-order valence-corrected chi connectivity index (χ2v) is 6.71. The molecule has 1 heterocycles. The normalized spacial score (nSPS) is 19.0. The van der Waals surface area contributed by atoms with Crippen LogP contribution in [-0.2, 0) is 10.4 Å². The van der Waals surface area contributed by atoms with Gasteiger partial charge in [0.2, 0.25) is 0 Å². The van der Waals surface area contributed by atoms with E-state index in [-0.39, 0.29) is 11.3 Å². The average molecular weight is 405 g/mol. The third-order valence-corrected chi connectivity index (χ3v) is 4.71. The van der Waals surface area contributed by atoms with Crippen molar-refractivity contribution in [3.05, 3.63) is 68.2 Å². The van der Waals surface area contributed by atoms with Crippen LogP contribution in [-0.4, -0.2) is 28.8 Å². The summed E-state index contributed by atoms with van der Waals surface area (Å²) in [6.45, 7) is 0. The van der Waals surface area contributed by atoms with Gasteiger partial charge in [-0.2, -0.15) is 0 Å². The molecule has 7 nitrogen and oxygen atoms in total. The van der Waals surface area contributed by atoms with E-state index in [9.17, 15) is 24.8 Å². The van der Waals surface area contributed by atoms with Crippen molar-refractivity contribution in [2.45, 2.75) is 12.0 Å². The van der Waals surface area contributed by atoms with E-state index in [1.165, 1.54) is 30.1 Å². The molecule has 0 aromatic heterocycles. The zero-order chi connectivity index (χ0) is 18.4. The summed E-state index contributed by atoms with van der Waals surface area (Å²) < 4.78 is 0.663. The number of ketones is 1. The molecule has 3 rings (SSSR count). The molecule has 2 aromatic carbocycles. The van der Waals surface area contributed by atoms with Gasteiger partial charge in [-0.05, 0) is 18.2 Å². The van der Waals surface area contributed by atoms with Crippen LogP contribution in [0.2, 0.25) is 0 Å². The number of amides is 1. The Bertz CT molecular complexity index is 914. The number of hydrogen-bond donors (Lipinski definition) is 1. The summed E-state index contributed by atoms with van der Waals surface area (Å²) in [5, 5.41) is 21.8. The number of nitrogens with zero attached hydrogens (tertiary/aromatic N) is 2.